The molecule has 1 aromatic rings. The van der Waals surface area contributed by atoms with Gasteiger partial charge < -0.3 is 10.5 Å². The minimum Gasteiger partial charge on any atom is -0.455 e. The highest BCUT2D eigenvalue weighted by atomic mass is 19.4. The molecular formula is C10H10F6N2O. The molecule has 1 rings (SSSR count). The van der Waals surface area contributed by atoms with Gasteiger partial charge in [0.25, 0.3) is 6.10 Å². The molecule has 2 N–H and O–H groups in total. The normalized spacial score (nSPS) is 14.6. The van der Waals surface area contributed by atoms with Crippen molar-refractivity contribution in [2.45, 2.75) is 31.4 Å². The number of hydrogen-bond donors (Lipinski definition) is 1. The standard InChI is InChI=1S/C10H10F6N2O/c1-5(17)6-2-3-7(18-4-6)19-8(9(11,12)13)10(14,15)16/h2-5,8H,17H2,1H3. The van der Waals surface area contributed by atoms with E-state index in [-0.39, 0.29) is 0 Å². The van der Waals surface area contributed by atoms with Gasteiger partial charge >= 0.3 is 12.4 Å². The SMILES string of the molecule is CC(N)c1ccc(OC(C(F)(F)F)C(F)(F)F)nc1. The molecule has 108 valence electrons. The first-order valence-corrected chi connectivity index (χ1v) is 5.03. The Labute approximate surface area is 104 Å². The van der Waals surface area contributed by atoms with Crippen LogP contribution in [0, 0.1) is 0 Å². The van der Waals surface area contributed by atoms with Gasteiger partial charge in [0.2, 0.25) is 5.88 Å². The molecule has 3 nitrogen and oxygen atoms in total. The zero-order valence-electron chi connectivity index (χ0n) is 9.59. The van der Waals surface area contributed by atoms with Gasteiger partial charge in [0, 0.05) is 18.3 Å². The van der Waals surface area contributed by atoms with Crippen LogP contribution in [0.25, 0.3) is 0 Å². The van der Waals surface area contributed by atoms with E-state index in [4.69, 9.17) is 5.73 Å². The second-order valence-electron chi connectivity index (χ2n) is 3.80. The van der Waals surface area contributed by atoms with Crippen molar-refractivity contribution < 1.29 is 31.1 Å². The van der Waals surface area contributed by atoms with E-state index < -0.39 is 30.4 Å². The van der Waals surface area contributed by atoms with Crippen molar-refractivity contribution in [1.29, 1.82) is 0 Å². The fraction of sp³-hybridized carbons (Fsp3) is 0.500. The zero-order chi connectivity index (χ0) is 14.8. The van der Waals surface area contributed by atoms with Crippen LogP contribution in [-0.4, -0.2) is 23.4 Å². The molecule has 0 saturated carbocycles. The Hall–Kier alpha value is -1.51. The fourth-order valence-corrected chi connectivity index (χ4v) is 1.17. The molecule has 0 saturated heterocycles. The van der Waals surface area contributed by atoms with Crippen molar-refractivity contribution in [3.63, 3.8) is 0 Å². The first-order valence-electron chi connectivity index (χ1n) is 5.03. The van der Waals surface area contributed by atoms with Crippen molar-refractivity contribution in [2.75, 3.05) is 0 Å². The number of hydrogen-bond acceptors (Lipinski definition) is 3. The molecule has 9 heteroatoms. The summed E-state index contributed by atoms with van der Waals surface area (Å²) < 4.78 is 77.2. The van der Waals surface area contributed by atoms with E-state index in [1.165, 1.54) is 6.07 Å². The minimum atomic E-state index is -5.57. The molecule has 1 atom stereocenters. The van der Waals surface area contributed by atoms with E-state index in [1.54, 1.807) is 6.92 Å². The van der Waals surface area contributed by atoms with E-state index in [9.17, 15) is 26.3 Å². The van der Waals surface area contributed by atoms with Crippen LogP contribution in [0.4, 0.5) is 26.3 Å². The molecule has 0 amide bonds. The maximum atomic E-state index is 12.2. The molecule has 0 bridgehead atoms. The summed E-state index contributed by atoms with van der Waals surface area (Å²) in [5.41, 5.74) is 5.92. The Morgan fingerprint density at radius 1 is 1.11 bits per heavy atom. The van der Waals surface area contributed by atoms with Gasteiger partial charge in [0.15, 0.2) is 0 Å². The Morgan fingerprint density at radius 2 is 1.63 bits per heavy atom. The van der Waals surface area contributed by atoms with Crippen molar-refractivity contribution in [1.82, 2.24) is 4.98 Å². The number of rotatable bonds is 3. The minimum absolute atomic E-state index is 0.442. The first-order chi connectivity index (χ1) is 8.51. The van der Waals surface area contributed by atoms with Gasteiger partial charge in [-0.05, 0) is 12.5 Å². The second-order valence-corrected chi connectivity index (χ2v) is 3.80. The molecule has 0 radical (unpaired) electrons. The van der Waals surface area contributed by atoms with Gasteiger partial charge in [0.1, 0.15) is 0 Å². The van der Waals surface area contributed by atoms with Crippen molar-refractivity contribution in [3.8, 4) is 5.88 Å². The van der Waals surface area contributed by atoms with Crippen LogP contribution < -0.4 is 10.5 Å². The predicted octanol–water partition coefficient (Wildman–Crippen LogP) is 2.97. The van der Waals surface area contributed by atoms with Crippen LogP contribution in [0.1, 0.15) is 18.5 Å². The average Bonchev–Trinajstić information content (AvgIpc) is 2.23. The topological polar surface area (TPSA) is 48.1 Å². The Morgan fingerprint density at radius 3 is 1.95 bits per heavy atom. The van der Waals surface area contributed by atoms with E-state index in [0.717, 1.165) is 12.3 Å². The second kappa shape index (κ2) is 5.24. The van der Waals surface area contributed by atoms with Gasteiger partial charge in [-0.3, -0.25) is 0 Å². The van der Waals surface area contributed by atoms with E-state index in [1.807, 2.05) is 0 Å². The number of nitrogens with zero attached hydrogens (tertiary/aromatic N) is 1. The van der Waals surface area contributed by atoms with Crippen LogP contribution in [0.3, 0.4) is 0 Å². The lowest BCUT2D eigenvalue weighted by Crippen LogP contribution is -2.46. The number of ether oxygens (including phenoxy) is 1. The molecule has 0 aliphatic carbocycles. The molecule has 0 aromatic carbocycles. The van der Waals surface area contributed by atoms with Gasteiger partial charge in [0.05, 0.1) is 0 Å². The first kappa shape index (κ1) is 15.5. The van der Waals surface area contributed by atoms with Crippen molar-refractivity contribution in [2.24, 2.45) is 5.73 Å². The van der Waals surface area contributed by atoms with Crippen LogP contribution >= 0.6 is 0 Å². The van der Waals surface area contributed by atoms with Crippen LogP contribution in [0.15, 0.2) is 18.3 Å². The fourth-order valence-electron chi connectivity index (χ4n) is 1.17. The lowest BCUT2D eigenvalue weighted by molar-refractivity contribution is -0.300. The van der Waals surface area contributed by atoms with E-state index in [0.29, 0.717) is 5.56 Å². The summed E-state index contributed by atoms with van der Waals surface area (Å²) in [6.07, 6.45) is -14.0. The van der Waals surface area contributed by atoms with Gasteiger partial charge in [-0.2, -0.15) is 26.3 Å². The molecule has 0 fully saturated rings. The summed E-state index contributed by atoms with van der Waals surface area (Å²) in [5.74, 6) is -0.774. The number of nitrogens with two attached hydrogens (primary N) is 1. The molecule has 0 spiro atoms. The van der Waals surface area contributed by atoms with E-state index >= 15 is 0 Å². The van der Waals surface area contributed by atoms with Crippen molar-refractivity contribution in [3.05, 3.63) is 23.9 Å². The third-order valence-corrected chi connectivity index (χ3v) is 2.12. The van der Waals surface area contributed by atoms with E-state index in [2.05, 4.69) is 9.72 Å². The van der Waals surface area contributed by atoms with Gasteiger partial charge in [-0.25, -0.2) is 4.98 Å². The third kappa shape index (κ3) is 4.27. The molecular weight excluding hydrogens is 278 g/mol. The van der Waals surface area contributed by atoms with Gasteiger partial charge in [-0.1, -0.05) is 6.07 Å². The summed E-state index contributed by atoms with van der Waals surface area (Å²) in [4.78, 5) is 3.36. The highest BCUT2D eigenvalue weighted by molar-refractivity contribution is 5.20. The molecule has 0 aliphatic heterocycles. The predicted molar refractivity (Wildman–Crippen MR) is 53.4 cm³/mol. The Balaban J connectivity index is 2.92. The van der Waals surface area contributed by atoms with Crippen LogP contribution in [0.2, 0.25) is 0 Å². The molecule has 1 unspecified atom stereocenters. The summed E-state index contributed by atoms with van der Waals surface area (Å²) in [6.45, 7) is 1.59. The molecule has 19 heavy (non-hydrogen) atoms. The molecule has 0 aliphatic rings. The van der Waals surface area contributed by atoms with Gasteiger partial charge in [-0.15, -0.1) is 0 Å². The number of alkyl halides is 6. The number of pyridine rings is 1. The largest absolute Gasteiger partial charge is 0.455 e. The Kier molecular flexibility index (Phi) is 4.28. The van der Waals surface area contributed by atoms with Crippen LogP contribution in [-0.2, 0) is 0 Å². The molecule has 1 aromatic heterocycles. The highest BCUT2D eigenvalue weighted by Gasteiger charge is 2.59. The summed E-state index contributed by atoms with van der Waals surface area (Å²) in [7, 11) is 0. The zero-order valence-corrected chi connectivity index (χ0v) is 9.59. The third-order valence-electron chi connectivity index (χ3n) is 2.12. The maximum absolute atomic E-state index is 12.2. The Bertz CT molecular complexity index is 398. The highest BCUT2D eigenvalue weighted by Crippen LogP contribution is 2.36. The average molecular weight is 288 g/mol. The lowest BCUT2D eigenvalue weighted by atomic mass is 10.2. The smallest absolute Gasteiger partial charge is 0.434 e. The summed E-state index contributed by atoms with van der Waals surface area (Å²) in [6, 6.07) is 1.71. The summed E-state index contributed by atoms with van der Waals surface area (Å²) >= 11 is 0. The molecule has 1 heterocycles. The number of aromatic nitrogens is 1. The lowest BCUT2D eigenvalue weighted by Gasteiger charge is -2.23. The quantitative estimate of drug-likeness (QED) is 0.870. The van der Waals surface area contributed by atoms with Crippen molar-refractivity contribution >= 4 is 0 Å². The maximum Gasteiger partial charge on any atom is 0.434 e. The van der Waals surface area contributed by atoms with Crippen LogP contribution in [0.5, 0.6) is 5.88 Å². The summed E-state index contributed by atoms with van der Waals surface area (Å²) in [5, 5.41) is 0. The number of halogens is 6. The monoisotopic (exact) mass is 288 g/mol.